The highest BCUT2D eigenvalue weighted by molar-refractivity contribution is 5.81. The largest absolute Gasteiger partial charge is 0.353 e. The summed E-state index contributed by atoms with van der Waals surface area (Å²) in [5.41, 5.74) is 6.08. The maximum atomic E-state index is 11.9. The van der Waals surface area contributed by atoms with E-state index in [0.717, 1.165) is 25.9 Å². The fourth-order valence-electron chi connectivity index (χ4n) is 2.43. The van der Waals surface area contributed by atoms with Crippen LogP contribution in [-0.2, 0) is 4.79 Å². The number of likely N-dealkylation sites (tertiary alicyclic amines) is 1. The van der Waals surface area contributed by atoms with Crippen molar-refractivity contribution >= 4 is 5.91 Å². The molecule has 0 aromatic carbocycles. The van der Waals surface area contributed by atoms with Gasteiger partial charge >= 0.3 is 0 Å². The molecule has 1 aliphatic rings. The van der Waals surface area contributed by atoms with Crippen LogP contribution in [0, 0.1) is 5.92 Å². The maximum absolute atomic E-state index is 11.9. The van der Waals surface area contributed by atoms with Crippen LogP contribution in [0.1, 0.15) is 40.5 Å². The van der Waals surface area contributed by atoms with Crippen molar-refractivity contribution in [1.82, 2.24) is 10.2 Å². The monoisotopic (exact) mass is 241 g/mol. The van der Waals surface area contributed by atoms with Crippen molar-refractivity contribution in [2.75, 3.05) is 13.1 Å². The molecule has 4 nitrogen and oxygen atoms in total. The van der Waals surface area contributed by atoms with Gasteiger partial charge in [0.15, 0.2) is 0 Å². The predicted molar refractivity (Wildman–Crippen MR) is 70.7 cm³/mol. The quantitative estimate of drug-likeness (QED) is 0.771. The number of nitrogens with zero attached hydrogens (tertiary/aromatic N) is 1. The van der Waals surface area contributed by atoms with Crippen LogP contribution < -0.4 is 11.1 Å². The van der Waals surface area contributed by atoms with Crippen molar-refractivity contribution in [3.63, 3.8) is 0 Å². The summed E-state index contributed by atoms with van der Waals surface area (Å²) < 4.78 is 0. The summed E-state index contributed by atoms with van der Waals surface area (Å²) >= 11 is 0. The van der Waals surface area contributed by atoms with Crippen molar-refractivity contribution in [2.24, 2.45) is 11.7 Å². The molecule has 0 radical (unpaired) electrons. The van der Waals surface area contributed by atoms with Crippen molar-refractivity contribution in [1.29, 1.82) is 0 Å². The molecule has 0 aliphatic carbocycles. The Labute approximate surface area is 105 Å². The number of carbonyl (C=O) groups is 1. The molecule has 4 heteroatoms. The van der Waals surface area contributed by atoms with E-state index in [1.54, 1.807) is 0 Å². The second-order valence-corrected chi connectivity index (χ2v) is 5.46. The topological polar surface area (TPSA) is 58.4 Å². The van der Waals surface area contributed by atoms with Gasteiger partial charge in [-0.25, -0.2) is 0 Å². The fourth-order valence-corrected chi connectivity index (χ4v) is 2.43. The van der Waals surface area contributed by atoms with E-state index in [0.29, 0.717) is 12.0 Å². The molecule has 0 spiro atoms. The molecule has 3 atom stereocenters. The van der Waals surface area contributed by atoms with E-state index in [1.807, 2.05) is 20.8 Å². The number of piperidine rings is 1. The van der Waals surface area contributed by atoms with E-state index in [-0.39, 0.29) is 18.0 Å². The second kappa shape index (κ2) is 6.36. The molecule has 1 rings (SSSR count). The number of amides is 1. The summed E-state index contributed by atoms with van der Waals surface area (Å²) in [5.74, 6) is 0.656. The lowest BCUT2D eigenvalue weighted by Crippen LogP contribution is -2.54. The first kappa shape index (κ1) is 14.5. The lowest BCUT2D eigenvalue weighted by atomic mass is 9.90. The standard InChI is InChI=1S/C13H27N3O/c1-5-11-8-16(7-6-12(11)14)10(4)13(17)15-9(2)3/h9-12H,5-8,14H2,1-4H3,(H,15,17). The third kappa shape index (κ3) is 3.96. The fraction of sp³-hybridized carbons (Fsp3) is 0.923. The van der Waals surface area contributed by atoms with Crippen LogP contribution >= 0.6 is 0 Å². The second-order valence-electron chi connectivity index (χ2n) is 5.46. The van der Waals surface area contributed by atoms with Gasteiger partial charge < -0.3 is 11.1 Å². The molecule has 0 aromatic heterocycles. The first-order chi connectivity index (χ1) is 7.95. The van der Waals surface area contributed by atoms with Gasteiger partial charge in [-0.05, 0) is 33.1 Å². The molecule has 0 saturated carbocycles. The van der Waals surface area contributed by atoms with E-state index in [9.17, 15) is 4.79 Å². The average Bonchev–Trinajstić information content (AvgIpc) is 2.27. The maximum Gasteiger partial charge on any atom is 0.237 e. The molecule has 3 N–H and O–H groups in total. The average molecular weight is 241 g/mol. The van der Waals surface area contributed by atoms with Crippen LogP contribution in [0.4, 0.5) is 0 Å². The summed E-state index contributed by atoms with van der Waals surface area (Å²) in [6, 6.07) is 0.467. The molecule has 1 saturated heterocycles. The summed E-state index contributed by atoms with van der Waals surface area (Å²) in [4.78, 5) is 14.2. The zero-order valence-corrected chi connectivity index (χ0v) is 11.6. The van der Waals surface area contributed by atoms with Crippen molar-refractivity contribution in [3.05, 3.63) is 0 Å². The highest BCUT2D eigenvalue weighted by Crippen LogP contribution is 2.20. The molecular weight excluding hydrogens is 214 g/mol. The van der Waals surface area contributed by atoms with Gasteiger partial charge in [0.1, 0.15) is 0 Å². The summed E-state index contributed by atoms with van der Waals surface area (Å²) in [5, 5.41) is 2.97. The van der Waals surface area contributed by atoms with Gasteiger partial charge in [0.2, 0.25) is 5.91 Å². The van der Waals surface area contributed by atoms with E-state index in [1.165, 1.54) is 0 Å². The van der Waals surface area contributed by atoms with Gasteiger partial charge in [0, 0.05) is 25.2 Å². The Bertz CT molecular complexity index is 255. The van der Waals surface area contributed by atoms with Crippen LogP contribution in [0.5, 0.6) is 0 Å². The Morgan fingerprint density at radius 1 is 1.47 bits per heavy atom. The lowest BCUT2D eigenvalue weighted by Gasteiger charge is -2.39. The summed E-state index contributed by atoms with van der Waals surface area (Å²) in [6.07, 6.45) is 2.09. The molecular formula is C13H27N3O. The molecule has 17 heavy (non-hydrogen) atoms. The Hall–Kier alpha value is -0.610. The highest BCUT2D eigenvalue weighted by atomic mass is 16.2. The zero-order chi connectivity index (χ0) is 13.0. The van der Waals surface area contributed by atoms with Gasteiger partial charge in [0.25, 0.3) is 0 Å². The van der Waals surface area contributed by atoms with Crippen LogP contribution in [0.3, 0.4) is 0 Å². The minimum atomic E-state index is -0.0426. The smallest absolute Gasteiger partial charge is 0.237 e. The van der Waals surface area contributed by atoms with Crippen molar-refractivity contribution in [3.8, 4) is 0 Å². The third-order valence-corrected chi connectivity index (χ3v) is 3.71. The van der Waals surface area contributed by atoms with Crippen LogP contribution in [0.2, 0.25) is 0 Å². The van der Waals surface area contributed by atoms with Gasteiger partial charge in [-0.15, -0.1) is 0 Å². The van der Waals surface area contributed by atoms with Crippen molar-refractivity contribution < 1.29 is 4.79 Å². The number of hydrogen-bond acceptors (Lipinski definition) is 3. The first-order valence-electron chi connectivity index (χ1n) is 6.75. The predicted octanol–water partition coefficient (Wildman–Crippen LogP) is 0.959. The van der Waals surface area contributed by atoms with E-state index in [2.05, 4.69) is 17.1 Å². The van der Waals surface area contributed by atoms with Crippen LogP contribution in [-0.4, -0.2) is 42.0 Å². The third-order valence-electron chi connectivity index (χ3n) is 3.71. The van der Waals surface area contributed by atoms with Gasteiger partial charge in [-0.3, -0.25) is 9.69 Å². The molecule has 3 unspecified atom stereocenters. The van der Waals surface area contributed by atoms with Crippen LogP contribution in [0.15, 0.2) is 0 Å². The minimum absolute atomic E-state index is 0.0426. The normalized spacial score (nSPS) is 28.1. The van der Waals surface area contributed by atoms with Gasteiger partial charge in [0.05, 0.1) is 6.04 Å². The van der Waals surface area contributed by atoms with Gasteiger partial charge in [-0.2, -0.15) is 0 Å². The zero-order valence-electron chi connectivity index (χ0n) is 11.6. The van der Waals surface area contributed by atoms with Gasteiger partial charge in [-0.1, -0.05) is 13.3 Å². The SMILES string of the molecule is CCC1CN(C(C)C(=O)NC(C)C)CCC1N. The van der Waals surface area contributed by atoms with Crippen molar-refractivity contribution in [2.45, 2.75) is 58.7 Å². The minimum Gasteiger partial charge on any atom is -0.353 e. The number of rotatable bonds is 4. The molecule has 1 fully saturated rings. The molecule has 1 heterocycles. The highest BCUT2D eigenvalue weighted by Gasteiger charge is 2.30. The number of nitrogens with one attached hydrogen (secondary N) is 1. The van der Waals surface area contributed by atoms with E-state index in [4.69, 9.17) is 5.73 Å². The molecule has 1 amide bonds. The number of carbonyl (C=O) groups excluding carboxylic acids is 1. The summed E-state index contributed by atoms with van der Waals surface area (Å²) in [6.45, 7) is 10.0. The first-order valence-corrected chi connectivity index (χ1v) is 6.75. The molecule has 0 aromatic rings. The molecule has 100 valence electrons. The van der Waals surface area contributed by atoms with E-state index < -0.39 is 0 Å². The van der Waals surface area contributed by atoms with E-state index >= 15 is 0 Å². The Morgan fingerprint density at radius 3 is 2.65 bits per heavy atom. The number of nitrogens with two attached hydrogens (primary N) is 1. The Balaban J connectivity index is 2.52. The lowest BCUT2D eigenvalue weighted by molar-refractivity contribution is -0.127. The van der Waals surface area contributed by atoms with Crippen LogP contribution in [0.25, 0.3) is 0 Å². The summed E-state index contributed by atoms with van der Waals surface area (Å²) in [7, 11) is 0. The number of hydrogen-bond donors (Lipinski definition) is 2. The Kier molecular flexibility index (Phi) is 5.40. The molecule has 0 bridgehead atoms. The molecule has 1 aliphatic heterocycles. The Morgan fingerprint density at radius 2 is 2.12 bits per heavy atom.